The van der Waals surface area contributed by atoms with E-state index >= 15 is 0 Å². The molecule has 130 valence electrons. The Morgan fingerprint density at radius 2 is 2.00 bits per heavy atom. The molecule has 0 spiro atoms. The first-order valence-corrected chi connectivity index (χ1v) is 8.68. The molecule has 1 fully saturated rings. The molecule has 3 heterocycles. The smallest absolute Gasteiger partial charge is 0.162 e. The lowest BCUT2D eigenvalue weighted by Crippen LogP contribution is -2.29. The molecule has 1 atom stereocenters. The second kappa shape index (κ2) is 7.16. The van der Waals surface area contributed by atoms with Gasteiger partial charge in [-0.2, -0.15) is 0 Å². The Labute approximate surface area is 146 Å². The van der Waals surface area contributed by atoms with E-state index in [1.54, 1.807) is 6.20 Å². The van der Waals surface area contributed by atoms with Crippen molar-refractivity contribution in [1.82, 2.24) is 29.9 Å². The molecule has 3 aromatic rings. The number of benzene rings is 1. The van der Waals surface area contributed by atoms with E-state index < -0.39 is 0 Å². The molecule has 2 N–H and O–H groups in total. The molecule has 2 aromatic heterocycles. The van der Waals surface area contributed by atoms with Crippen molar-refractivity contribution >= 4 is 0 Å². The first kappa shape index (κ1) is 16.0. The largest absolute Gasteiger partial charge is 0.394 e. The lowest BCUT2D eigenvalue weighted by molar-refractivity contribution is 0.250. The predicted octanol–water partition coefficient (Wildman–Crippen LogP) is 1.65. The molecule has 25 heavy (non-hydrogen) atoms. The van der Waals surface area contributed by atoms with Crippen LogP contribution in [0.15, 0.2) is 48.9 Å². The summed E-state index contributed by atoms with van der Waals surface area (Å²) in [5.74, 6) is 0.725. The van der Waals surface area contributed by atoms with Crippen molar-refractivity contribution < 1.29 is 5.11 Å². The maximum atomic E-state index is 9.93. The summed E-state index contributed by atoms with van der Waals surface area (Å²) in [6.45, 7) is 2.01. The summed E-state index contributed by atoms with van der Waals surface area (Å²) in [7, 11) is 0. The third-order valence-electron chi connectivity index (χ3n) is 4.78. The second-order valence-electron chi connectivity index (χ2n) is 6.33. The number of nitrogens with zero attached hydrogens (tertiary/aromatic N) is 5. The van der Waals surface area contributed by atoms with Gasteiger partial charge in [0, 0.05) is 12.4 Å². The molecule has 1 aliphatic rings. The Morgan fingerprint density at radius 1 is 1.20 bits per heavy atom. The fraction of sp³-hybridized carbons (Fsp3) is 0.389. The molecule has 1 aliphatic heterocycles. The first-order chi connectivity index (χ1) is 12.4. The number of hydrogen-bond acceptors (Lipinski definition) is 5. The van der Waals surface area contributed by atoms with Crippen molar-refractivity contribution in [1.29, 1.82) is 0 Å². The molecule has 0 radical (unpaired) electrons. The Kier molecular flexibility index (Phi) is 4.58. The number of imidazole rings is 1. The zero-order valence-corrected chi connectivity index (χ0v) is 14.0. The first-order valence-electron chi connectivity index (χ1n) is 8.68. The van der Waals surface area contributed by atoms with Gasteiger partial charge in [0.05, 0.1) is 24.9 Å². The lowest BCUT2D eigenvalue weighted by Gasteiger charge is -2.22. The van der Waals surface area contributed by atoms with Crippen LogP contribution in [-0.2, 0) is 0 Å². The molecule has 0 unspecified atom stereocenters. The minimum Gasteiger partial charge on any atom is -0.394 e. The fourth-order valence-corrected chi connectivity index (χ4v) is 3.42. The summed E-state index contributed by atoms with van der Waals surface area (Å²) < 4.78 is 3.91. The van der Waals surface area contributed by atoms with Crippen LogP contribution in [-0.4, -0.2) is 49.3 Å². The standard InChI is InChI=1S/C18H22N6O/c25-13-17(14-4-2-1-3-5-14)23-11-10-20-18(23)16-12-24(22-21-16)15-6-8-19-9-7-15/h1-5,10-12,15,17,19,25H,6-9,13H2/t17-/m0/s1. The van der Waals surface area contributed by atoms with E-state index in [9.17, 15) is 5.11 Å². The van der Waals surface area contributed by atoms with Gasteiger partial charge in [-0.15, -0.1) is 5.10 Å². The monoisotopic (exact) mass is 338 g/mol. The number of piperidine rings is 1. The maximum absolute atomic E-state index is 9.93. The molecule has 0 aliphatic carbocycles. The highest BCUT2D eigenvalue weighted by molar-refractivity contribution is 5.48. The summed E-state index contributed by atoms with van der Waals surface area (Å²) >= 11 is 0. The van der Waals surface area contributed by atoms with Crippen molar-refractivity contribution in [2.24, 2.45) is 0 Å². The van der Waals surface area contributed by atoms with Crippen LogP contribution in [0.3, 0.4) is 0 Å². The van der Waals surface area contributed by atoms with Gasteiger partial charge in [-0.25, -0.2) is 9.67 Å². The van der Waals surface area contributed by atoms with Crippen LogP contribution in [0.1, 0.15) is 30.5 Å². The van der Waals surface area contributed by atoms with E-state index in [-0.39, 0.29) is 12.6 Å². The highest BCUT2D eigenvalue weighted by Crippen LogP contribution is 2.25. The van der Waals surface area contributed by atoms with Gasteiger partial charge in [0.1, 0.15) is 5.69 Å². The Hall–Kier alpha value is -2.51. The van der Waals surface area contributed by atoms with E-state index in [0.717, 1.165) is 43.0 Å². The van der Waals surface area contributed by atoms with Gasteiger partial charge in [0.15, 0.2) is 5.82 Å². The van der Waals surface area contributed by atoms with Crippen molar-refractivity contribution in [3.05, 3.63) is 54.5 Å². The van der Waals surface area contributed by atoms with Crippen LogP contribution in [0.2, 0.25) is 0 Å². The number of nitrogens with one attached hydrogen (secondary N) is 1. The van der Waals surface area contributed by atoms with Crippen LogP contribution < -0.4 is 5.32 Å². The van der Waals surface area contributed by atoms with E-state index in [2.05, 4.69) is 20.6 Å². The Morgan fingerprint density at radius 3 is 2.76 bits per heavy atom. The van der Waals surface area contributed by atoms with Gasteiger partial charge in [-0.05, 0) is 31.5 Å². The zero-order chi connectivity index (χ0) is 17.1. The fourth-order valence-electron chi connectivity index (χ4n) is 3.42. The Bertz CT molecular complexity index is 806. The minimum absolute atomic E-state index is 0.00416. The van der Waals surface area contributed by atoms with Gasteiger partial charge in [0.25, 0.3) is 0 Å². The van der Waals surface area contributed by atoms with Gasteiger partial charge in [-0.3, -0.25) is 0 Å². The number of rotatable bonds is 5. The quantitative estimate of drug-likeness (QED) is 0.739. The number of aromatic nitrogens is 5. The van der Waals surface area contributed by atoms with E-state index in [1.807, 2.05) is 52.0 Å². The maximum Gasteiger partial charge on any atom is 0.162 e. The highest BCUT2D eigenvalue weighted by atomic mass is 16.3. The third-order valence-corrected chi connectivity index (χ3v) is 4.78. The van der Waals surface area contributed by atoms with Gasteiger partial charge >= 0.3 is 0 Å². The molecule has 7 heteroatoms. The molecule has 0 amide bonds. The number of aliphatic hydroxyl groups excluding tert-OH is 1. The summed E-state index contributed by atoms with van der Waals surface area (Å²) in [5, 5.41) is 21.9. The Balaban J connectivity index is 1.64. The number of hydrogen-bond donors (Lipinski definition) is 2. The topological polar surface area (TPSA) is 80.8 Å². The normalized spacial score (nSPS) is 16.8. The average Bonchev–Trinajstić information content (AvgIpc) is 3.33. The average molecular weight is 338 g/mol. The van der Waals surface area contributed by atoms with Gasteiger partial charge in [-0.1, -0.05) is 35.5 Å². The number of aliphatic hydroxyl groups is 1. The SMILES string of the molecule is OC[C@@H](c1ccccc1)n1ccnc1-c1cn(C2CCNCC2)nn1. The molecular formula is C18H22N6O. The van der Waals surface area contributed by atoms with E-state index in [0.29, 0.717) is 6.04 Å². The lowest BCUT2D eigenvalue weighted by atomic mass is 10.1. The van der Waals surface area contributed by atoms with Crippen molar-refractivity contribution in [2.75, 3.05) is 19.7 Å². The summed E-state index contributed by atoms with van der Waals surface area (Å²) in [4.78, 5) is 4.46. The van der Waals surface area contributed by atoms with Crippen LogP contribution in [0.4, 0.5) is 0 Å². The molecule has 4 rings (SSSR count). The minimum atomic E-state index is -0.192. The van der Waals surface area contributed by atoms with Crippen LogP contribution >= 0.6 is 0 Å². The molecule has 1 saturated heterocycles. The van der Waals surface area contributed by atoms with Crippen LogP contribution in [0.5, 0.6) is 0 Å². The van der Waals surface area contributed by atoms with Crippen LogP contribution in [0, 0.1) is 0 Å². The van der Waals surface area contributed by atoms with Gasteiger partial charge < -0.3 is 15.0 Å². The molecule has 7 nitrogen and oxygen atoms in total. The molecular weight excluding hydrogens is 316 g/mol. The van der Waals surface area contributed by atoms with E-state index in [4.69, 9.17) is 0 Å². The third kappa shape index (κ3) is 3.20. The zero-order valence-electron chi connectivity index (χ0n) is 14.0. The molecule has 0 saturated carbocycles. The van der Waals surface area contributed by atoms with Crippen molar-refractivity contribution in [3.8, 4) is 11.5 Å². The van der Waals surface area contributed by atoms with Gasteiger partial charge in [0.2, 0.25) is 0 Å². The molecule has 1 aromatic carbocycles. The van der Waals surface area contributed by atoms with Crippen LogP contribution in [0.25, 0.3) is 11.5 Å². The van der Waals surface area contributed by atoms with Crippen molar-refractivity contribution in [3.63, 3.8) is 0 Å². The summed E-state index contributed by atoms with van der Waals surface area (Å²) in [6, 6.07) is 10.1. The molecule has 0 bridgehead atoms. The summed E-state index contributed by atoms with van der Waals surface area (Å²) in [6.07, 6.45) is 7.70. The highest BCUT2D eigenvalue weighted by Gasteiger charge is 2.21. The predicted molar refractivity (Wildman–Crippen MR) is 94.1 cm³/mol. The second-order valence-corrected chi connectivity index (χ2v) is 6.33. The summed E-state index contributed by atoms with van der Waals surface area (Å²) in [5.41, 5.74) is 1.77. The van der Waals surface area contributed by atoms with Crippen molar-refractivity contribution in [2.45, 2.75) is 24.9 Å². The van der Waals surface area contributed by atoms with E-state index in [1.165, 1.54) is 0 Å².